The number of amides is 1. The van der Waals surface area contributed by atoms with Gasteiger partial charge in [-0.15, -0.1) is 0 Å². The molecule has 1 aromatic heterocycles. The van der Waals surface area contributed by atoms with Crippen LogP contribution in [0.4, 0.5) is 11.5 Å². The zero-order valence-corrected chi connectivity index (χ0v) is 16.9. The summed E-state index contributed by atoms with van der Waals surface area (Å²) in [5, 5.41) is 2.76. The van der Waals surface area contributed by atoms with Crippen molar-refractivity contribution in [2.45, 2.75) is 0 Å². The van der Waals surface area contributed by atoms with Crippen molar-refractivity contribution >= 4 is 51.4 Å². The van der Waals surface area contributed by atoms with Crippen molar-refractivity contribution in [3.05, 3.63) is 82.6 Å². The number of carbonyl (C=O) groups is 1. The third-order valence-corrected chi connectivity index (χ3v) is 4.80. The van der Waals surface area contributed by atoms with Gasteiger partial charge < -0.3 is 10.5 Å². The number of fused-ring (bicyclic) bond motifs is 1. The summed E-state index contributed by atoms with van der Waals surface area (Å²) in [5.41, 5.74) is 11.6. The first-order valence-electron chi connectivity index (χ1n) is 8.80. The molecule has 30 heavy (non-hydrogen) atoms. The topological polar surface area (TPSA) is 102 Å². The van der Waals surface area contributed by atoms with Crippen LogP contribution in [0.25, 0.3) is 10.8 Å². The van der Waals surface area contributed by atoms with Gasteiger partial charge in [-0.3, -0.25) is 15.6 Å². The molecule has 3 aromatic carbocycles. The second-order valence-corrected chi connectivity index (χ2v) is 7.10. The van der Waals surface area contributed by atoms with Crippen molar-refractivity contribution in [3.8, 4) is 11.6 Å². The van der Waals surface area contributed by atoms with Gasteiger partial charge in [-0.1, -0.05) is 53.5 Å². The number of hydrogen-bond donors (Lipinski definition) is 3. The maximum absolute atomic E-state index is 12.3. The first-order chi connectivity index (χ1) is 14.5. The zero-order valence-electron chi connectivity index (χ0n) is 15.4. The van der Waals surface area contributed by atoms with Gasteiger partial charge in [-0.25, -0.2) is 4.98 Å². The van der Waals surface area contributed by atoms with Crippen LogP contribution in [0, 0.1) is 0 Å². The summed E-state index contributed by atoms with van der Waals surface area (Å²) in [6, 6.07) is 18.1. The van der Waals surface area contributed by atoms with Crippen molar-refractivity contribution < 1.29 is 9.53 Å². The number of rotatable bonds is 5. The number of nitrogens with two attached hydrogens (primary N) is 1. The molecule has 0 fully saturated rings. The lowest BCUT2D eigenvalue weighted by molar-refractivity contribution is 0.0962. The number of nitrogens with one attached hydrogen (secondary N) is 2. The maximum atomic E-state index is 12.3. The minimum atomic E-state index is -0.480. The van der Waals surface area contributed by atoms with Crippen LogP contribution in [0.2, 0.25) is 10.0 Å². The Bertz CT molecular complexity index is 1250. The van der Waals surface area contributed by atoms with Crippen LogP contribution in [0.3, 0.4) is 0 Å². The number of benzene rings is 3. The first-order valence-corrected chi connectivity index (χ1v) is 9.55. The van der Waals surface area contributed by atoms with Gasteiger partial charge in [0.25, 0.3) is 5.91 Å². The number of hydrazine groups is 1. The van der Waals surface area contributed by atoms with Crippen LogP contribution in [0.5, 0.6) is 11.6 Å². The van der Waals surface area contributed by atoms with Gasteiger partial charge >= 0.3 is 0 Å². The van der Waals surface area contributed by atoms with E-state index in [9.17, 15) is 4.79 Å². The molecule has 7 nitrogen and oxygen atoms in total. The van der Waals surface area contributed by atoms with E-state index in [1.807, 2.05) is 42.5 Å². The third-order valence-electron chi connectivity index (χ3n) is 4.25. The van der Waals surface area contributed by atoms with Gasteiger partial charge in [0.15, 0.2) is 5.82 Å². The molecule has 4 aromatic rings. The number of ether oxygens (including phenoxy) is 1. The molecule has 1 amide bonds. The average molecular weight is 440 g/mol. The molecule has 0 bridgehead atoms. The second-order valence-electron chi connectivity index (χ2n) is 6.26. The number of nitrogens with zero attached hydrogens (tertiary/aromatic N) is 2. The smallest absolute Gasteiger partial charge is 0.271 e. The summed E-state index contributed by atoms with van der Waals surface area (Å²) in [5.74, 6) is 0.425. The molecule has 9 heteroatoms. The summed E-state index contributed by atoms with van der Waals surface area (Å²) >= 11 is 11.9. The molecule has 4 N–H and O–H groups in total. The van der Waals surface area contributed by atoms with Crippen molar-refractivity contribution in [1.29, 1.82) is 0 Å². The Balaban J connectivity index is 1.50. The molecule has 0 saturated carbocycles. The number of halogens is 2. The average Bonchev–Trinajstić information content (AvgIpc) is 2.74. The monoisotopic (exact) mass is 439 g/mol. The summed E-state index contributed by atoms with van der Waals surface area (Å²) in [6.07, 6.45) is 1.27. The molecule has 0 atom stereocenters. The predicted octanol–water partition coefficient (Wildman–Crippen LogP) is 5.07. The highest BCUT2D eigenvalue weighted by Gasteiger charge is 2.14. The van der Waals surface area contributed by atoms with Crippen molar-refractivity contribution in [2.24, 2.45) is 0 Å². The second kappa shape index (κ2) is 8.44. The van der Waals surface area contributed by atoms with Crippen LogP contribution in [0.1, 0.15) is 10.4 Å². The Labute approximate surface area is 181 Å². The van der Waals surface area contributed by atoms with E-state index in [1.165, 1.54) is 18.5 Å². The Kier molecular flexibility index (Phi) is 5.56. The van der Waals surface area contributed by atoms with E-state index in [0.717, 1.165) is 10.8 Å². The Morgan fingerprint density at radius 3 is 2.57 bits per heavy atom. The summed E-state index contributed by atoms with van der Waals surface area (Å²) in [7, 11) is 0. The Morgan fingerprint density at radius 2 is 1.77 bits per heavy atom. The van der Waals surface area contributed by atoms with Gasteiger partial charge in [0, 0.05) is 5.02 Å². The van der Waals surface area contributed by atoms with Crippen LogP contribution in [0.15, 0.2) is 67.0 Å². The molecule has 150 valence electrons. The number of aromatic nitrogens is 2. The van der Waals surface area contributed by atoms with Crippen LogP contribution < -0.4 is 21.3 Å². The molecular formula is C21H15Cl2N5O2. The van der Waals surface area contributed by atoms with E-state index in [4.69, 9.17) is 33.7 Å². The first kappa shape index (κ1) is 19.8. The van der Waals surface area contributed by atoms with Gasteiger partial charge in [-0.05, 0) is 41.1 Å². The van der Waals surface area contributed by atoms with Crippen molar-refractivity contribution in [2.75, 3.05) is 11.2 Å². The highest BCUT2D eigenvalue weighted by atomic mass is 35.5. The van der Waals surface area contributed by atoms with Crippen LogP contribution in [-0.2, 0) is 0 Å². The fraction of sp³-hybridized carbons (Fsp3) is 0. The molecule has 0 aliphatic rings. The molecule has 4 rings (SSSR count). The number of hydrogen-bond acceptors (Lipinski definition) is 6. The van der Waals surface area contributed by atoms with Gasteiger partial charge in [-0.2, -0.15) is 4.98 Å². The van der Waals surface area contributed by atoms with Crippen molar-refractivity contribution in [3.63, 3.8) is 0 Å². The van der Waals surface area contributed by atoms with Crippen LogP contribution in [-0.4, -0.2) is 15.9 Å². The Morgan fingerprint density at radius 1 is 0.967 bits per heavy atom. The Hall–Kier alpha value is -3.55. The third kappa shape index (κ3) is 4.22. The molecule has 0 saturated heterocycles. The molecule has 0 unspecified atom stereocenters. The van der Waals surface area contributed by atoms with E-state index in [-0.39, 0.29) is 28.0 Å². The van der Waals surface area contributed by atoms with E-state index in [1.54, 1.807) is 6.07 Å². The molecule has 0 aliphatic carbocycles. The molecule has 0 radical (unpaired) electrons. The minimum Gasteiger partial charge on any atom is -0.437 e. The van der Waals surface area contributed by atoms with E-state index in [0.29, 0.717) is 10.8 Å². The predicted molar refractivity (Wildman–Crippen MR) is 118 cm³/mol. The van der Waals surface area contributed by atoms with Gasteiger partial charge in [0.05, 0.1) is 10.6 Å². The lowest BCUT2D eigenvalue weighted by Gasteiger charge is -2.13. The van der Waals surface area contributed by atoms with E-state index >= 15 is 0 Å². The summed E-state index contributed by atoms with van der Waals surface area (Å²) in [6.45, 7) is 0. The fourth-order valence-corrected chi connectivity index (χ4v) is 3.25. The standard InChI is InChI=1S/C21H15Cl2N5O2/c22-14-6-8-16(17(23)10-14)20(29)28-27-19-18(24)21(26-11-25-19)30-15-7-5-12-3-1-2-4-13(12)9-15/h1-11H,24H2,(H,28,29)(H,25,26,27). The normalized spacial score (nSPS) is 10.6. The van der Waals surface area contributed by atoms with E-state index in [2.05, 4.69) is 20.8 Å². The lowest BCUT2D eigenvalue weighted by Crippen LogP contribution is -2.30. The SMILES string of the molecule is Nc1c(NNC(=O)c2ccc(Cl)cc2Cl)ncnc1Oc1ccc2ccccc2c1. The summed E-state index contributed by atoms with van der Waals surface area (Å²) < 4.78 is 5.82. The number of nitrogen functional groups attached to an aromatic ring is 1. The van der Waals surface area contributed by atoms with Crippen LogP contribution >= 0.6 is 23.2 Å². The number of carbonyl (C=O) groups excluding carboxylic acids is 1. The minimum absolute atomic E-state index is 0.133. The maximum Gasteiger partial charge on any atom is 0.271 e. The molecule has 0 spiro atoms. The van der Waals surface area contributed by atoms with E-state index < -0.39 is 5.91 Å². The highest BCUT2D eigenvalue weighted by molar-refractivity contribution is 6.36. The largest absolute Gasteiger partial charge is 0.437 e. The number of anilines is 2. The summed E-state index contributed by atoms with van der Waals surface area (Å²) in [4.78, 5) is 20.5. The van der Waals surface area contributed by atoms with Crippen molar-refractivity contribution in [1.82, 2.24) is 15.4 Å². The highest BCUT2D eigenvalue weighted by Crippen LogP contribution is 2.30. The molecule has 0 aliphatic heterocycles. The zero-order chi connectivity index (χ0) is 21.1. The molecule has 1 heterocycles. The fourth-order valence-electron chi connectivity index (χ4n) is 2.76. The lowest BCUT2D eigenvalue weighted by atomic mass is 10.1. The van der Waals surface area contributed by atoms with Gasteiger partial charge in [0.1, 0.15) is 17.8 Å². The molecular weight excluding hydrogens is 425 g/mol. The quantitative estimate of drug-likeness (QED) is 0.375. The van der Waals surface area contributed by atoms with Gasteiger partial charge in [0.2, 0.25) is 5.88 Å².